The van der Waals surface area contributed by atoms with E-state index in [1.165, 1.54) is 12.8 Å². The summed E-state index contributed by atoms with van der Waals surface area (Å²) in [5.74, 6) is 1.42. The molecule has 0 aliphatic heterocycles. The maximum Gasteiger partial charge on any atom is 0.225 e. The maximum absolute atomic E-state index is 6.23. The molecule has 4 rings (SSSR count). The lowest BCUT2D eigenvalue weighted by Gasteiger charge is -2.12. The summed E-state index contributed by atoms with van der Waals surface area (Å²) in [5.41, 5.74) is 2.91. The van der Waals surface area contributed by atoms with E-state index < -0.39 is 0 Å². The zero-order valence-corrected chi connectivity index (χ0v) is 14.4. The van der Waals surface area contributed by atoms with Crippen LogP contribution in [0.4, 0.5) is 11.8 Å². The zero-order chi connectivity index (χ0) is 17.1. The Kier molecular flexibility index (Phi) is 4.48. The summed E-state index contributed by atoms with van der Waals surface area (Å²) in [5, 5.41) is 7.47. The molecule has 5 nitrogen and oxygen atoms in total. The van der Waals surface area contributed by atoms with E-state index in [0.29, 0.717) is 18.5 Å². The van der Waals surface area contributed by atoms with E-state index in [9.17, 15) is 0 Å². The van der Waals surface area contributed by atoms with Crippen molar-refractivity contribution in [2.75, 3.05) is 10.6 Å². The van der Waals surface area contributed by atoms with Gasteiger partial charge < -0.3 is 10.6 Å². The summed E-state index contributed by atoms with van der Waals surface area (Å²) in [7, 11) is 0. The van der Waals surface area contributed by atoms with Crippen molar-refractivity contribution in [2.24, 2.45) is 0 Å². The van der Waals surface area contributed by atoms with E-state index in [1.807, 2.05) is 42.5 Å². The number of benzene rings is 1. The standard InChI is InChI=1S/C19H18ClN5/c20-16-4-2-1-3-14(16)12-22-18-11-17(13-7-9-21-10-8-13)24-19(25-18)23-15-5-6-15/h1-4,7-11,15H,5-6,12H2,(H2,22,23,24,25). The first kappa shape index (κ1) is 15.8. The number of anilines is 2. The van der Waals surface area contributed by atoms with Gasteiger partial charge in [-0.15, -0.1) is 0 Å². The van der Waals surface area contributed by atoms with Crippen molar-refractivity contribution in [1.29, 1.82) is 0 Å². The van der Waals surface area contributed by atoms with E-state index in [1.54, 1.807) is 12.4 Å². The number of pyridine rings is 1. The summed E-state index contributed by atoms with van der Waals surface area (Å²) < 4.78 is 0. The van der Waals surface area contributed by atoms with Crippen LogP contribution in [0.15, 0.2) is 54.9 Å². The molecule has 0 bridgehead atoms. The van der Waals surface area contributed by atoms with Crippen molar-refractivity contribution in [3.05, 3.63) is 65.4 Å². The molecule has 2 N–H and O–H groups in total. The molecule has 0 spiro atoms. The fourth-order valence-corrected chi connectivity index (χ4v) is 2.71. The highest BCUT2D eigenvalue weighted by molar-refractivity contribution is 6.31. The minimum Gasteiger partial charge on any atom is -0.366 e. The fourth-order valence-electron chi connectivity index (χ4n) is 2.51. The average molecular weight is 352 g/mol. The second-order valence-electron chi connectivity index (χ2n) is 6.06. The Morgan fingerprint density at radius 2 is 1.84 bits per heavy atom. The summed E-state index contributed by atoms with van der Waals surface area (Å²) in [4.78, 5) is 13.3. The summed E-state index contributed by atoms with van der Waals surface area (Å²) in [6, 6.07) is 14.1. The molecule has 0 saturated heterocycles. The second kappa shape index (κ2) is 7.07. The summed E-state index contributed by atoms with van der Waals surface area (Å²) >= 11 is 6.23. The number of hydrogen-bond acceptors (Lipinski definition) is 5. The lowest BCUT2D eigenvalue weighted by molar-refractivity contribution is 1.04. The molecular weight excluding hydrogens is 334 g/mol. The van der Waals surface area contributed by atoms with Crippen LogP contribution in [0.5, 0.6) is 0 Å². The average Bonchev–Trinajstić information content (AvgIpc) is 3.46. The highest BCUT2D eigenvalue weighted by atomic mass is 35.5. The molecule has 1 aromatic carbocycles. The number of rotatable bonds is 6. The lowest BCUT2D eigenvalue weighted by Crippen LogP contribution is -2.09. The number of hydrogen-bond donors (Lipinski definition) is 2. The maximum atomic E-state index is 6.23. The van der Waals surface area contributed by atoms with E-state index in [0.717, 1.165) is 27.7 Å². The topological polar surface area (TPSA) is 62.7 Å². The van der Waals surface area contributed by atoms with Crippen LogP contribution in [0, 0.1) is 0 Å². The third-order valence-corrected chi connectivity index (χ3v) is 4.40. The van der Waals surface area contributed by atoms with E-state index in [2.05, 4.69) is 25.6 Å². The molecule has 0 amide bonds. The molecule has 1 fully saturated rings. The van der Waals surface area contributed by atoms with Crippen LogP contribution >= 0.6 is 11.6 Å². The Bertz CT molecular complexity index is 865. The number of halogens is 1. The van der Waals surface area contributed by atoms with Crippen LogP contribution in [0.2, 0.25) is 5.02 Å². The molecule has 6 heteroatoms. The zero-order valence-electron chi connectivity index (χ0n) is 13.6. The molecule has 1 aliphatic carbocycles. The van der Waals surface area contributed by atoms with Gasteiger partial charge >= 0.3 is 0 Å². The van der Waals surface area contributed by atoms with Gasteiger partial charge in [-0.1, -0.05) is 29.8 Å². The van der Waals surface area contributed by atoms with Crippen molar-refractivity contribution in [3.63, 3.8) is 0 Å². The van der Waals surface area contributed by atoms with Gasteiger partial charge in [-0.25, -0.2) is 4.98 Å². The van der Waals surface area contributed by atoms with Crippen LogP contribution < -0.4 is 10.6 Å². The van der Waals surface area contributed by atoms with Gasteiger partial charge in [-0.3, -0.25) is 4.98 Å². The second-order valence-corrected chi connectivity index (χ2v) is 6.47. The van der Waals surface area contributed by atoms with Crippen molar-refractivity contribution in [1.82, 2.24) is 15.0 Å². The van der Waals surface area contributed by atoms with Gasteiger partial charge in [-0.2, -0.15) is 4.98 Å². The highest BCUT2D eigenvalue weighted by Crippen LogP contribution is 2.26. The van der Waals surface area contributed by atoms with Gasteiger partial charge in [0.05, 0.1) is 5.69 Å². The first-order valence-corrected chi connectivity index (χ1v) is 8.69. The van der Waals surface area contributed by atoms with Crippen LogP contribution in [-0.4, -0.2) is 21.0 Å². The van der Waals surface area contributed by atoms with Crippen LogP contribution in [0.1, 0.15) is 18.4 Å². The van der Waals surface area contributed by atoms with E-state index in [4.69, 9.17) is 11.6 Å². The Hall–Kier alpha value is -2.66. The Labute approximate surface area is 151 Å². The molecule has 2 heterocycles. The van der Waals surface area contributed by atoms with Crippen LogP contribution in [0.25, 0.3) is 11.3 Å². The van der Waals surface area contributed by atoms with E-state index >= 15 is 0 Å². The number of aromatic nitrogens is 3. The number of nitrogens with one attached hydrogen (secondary N) is 2. The molecule has 2 aromatic heterocycles. The van der Waals surface area contributed by atoms with Gasteiger partial charge in [0.15, 0.2) is 0 Å². The minimum atomic E-state index is 0.490. The van der Waals surface area contributed by atoms with Gasteiger partial charge in [0.25, 0.3) is 0 Å². The summed E-state index contributed by atoms with van der Waals surface area (Å²) in [6.07, 6.45) is 5.88. The molecule has 1 saturated carbocycles. The van der Waals surface area contributed by atoms with E-state index in [-0.39, 0.29) is 0 Å². The fraction of sp³-hybridized carbons (Fsp3) is 0.211. The summed E-state index contributed by atoms with van der Waals surface area (Å²) in [6.45, 7) is 0.606. The van der Waals surface area contributed by atoms with Crippen molar-refractivity contribution < 1.29 is 0 Å². The smallest absolute Gasteiger partial charge is 0.225 e. The molecule has 1 aliphatic rings. The molecule has 0 radical (unpaired) electrons. The third-order valence-electron chi connectivity index (χ3n) is 4.03. The lowest BCUT2D eigenvalue weighted by atomic mass is 10.2. The van der Waals surface area contributed by atoms with Gasteiger partial charge in [-0.05, 0) is 36.6 Å². The van der Waals surface area contributed by atoms with Crippen LogP contribution in [-0.2, 0) is 6.54 Å². The van der Waals surface area contributed by atoms with Crippen LogP contribution in [0.3, 0.4) is 0 Å². The molecule has 3 aromatic rings. The predicted octanol–water partition coefficient (Wildman–Crippen LogP) is 4.38. The van der Waals surface area contributed by atoms with Gasteiger partial charge in [0.1, 0.15) is 5.82 Å². The predicted molar refractivity (Wildman–Crippen MR) is 101 cm³/mol. The molecule has 0 unspecified atom stereocenters. The molecule has 126 valence electrons. The quantitative estimate of drug-likeness (QED) is 0.690. The van der Waals surface area contributed by atoms with Crippen molar-refractivity contribution in [2.45, 2.75) is 25.4 Å². The first-order chi connectivity index (χ1) is 12.3. The normalized spacial score (nSPS) is 13.5. The molecule has 25 heavy (non-hydrogen) atoms. The Morgan fingerprint density at radius 3 is 2.60 bits per heavy atom. The van der Waals surface area contributed by atoms with Gasteiger partial charge in [0, 0.05) is 41.6 Å². The van der Waals surface area contributed by atoms with Crippen molar-refractivity contribution >= 4 is 23.4 Å². The van der Waals surface area contributed by atoms with Gasteiger partial charge in [0.2, 0.25) is 5.95 Å². The van der Waals surface area contributed by atoms with Crippen molar-refractivity contribution in [3.8, 4) is 11.3 Å². The monoisotopic (exact) mass is 351 g/mol. The third kappa shape index (κ3) is 4.06. The number of nitrogens with zero attached hydrogens (tertiary/aromatic N) is 3. The minimum absolute atomic E-state index is 0.490. The SMILES string of the molecule is Clc1ccccc1CNc1cc(-c2ccncc2)nc(NC2CC2)n1. The Balaban J connectivity index is 1.60. The first-order valence-electron chi connectivity index (χ1n) is 8.31. The molecular formula is C19H18ClN5. The largest absolute Gasteiger partial charge is 0.366 e. The molecule has 0 atom stereocenters. The Morgan fingerprint density at radius 1 is 1.04 bits per heavy atom. The highest BCUT2D eigenvalue weighted by Gasteiger charge is 2.22.